The van der Waals surface area contributed by atoms with Gasteiger partial charge < -0.3 is 5.11 Å². The van der Waals surface area contributed by atoms with Gasteiger partial charge in [-0.05, 0) is 12.1 Å². The molecule has 106 valence electrons. The molecular formula is C10H10N4O4S2. The van der Waals surface area contributed by atoms with Crippen LogP contribution in [0, 0.1) is 0 Å². The second kappa shape index (κ2) is 5.43. The van der Waals surface area contributed by atoms with Crippen molar-refractivity contribution >= 4 is 38.5 Å². The van der Waals surface area contributed by atoms with E-state index in [0.29, 0.717) is 4.88 Å². The molecule has 2 aromatic heterocycles. The van der Waals surface area contributed by atoms with Gasteiger partial charge in [0.15, 0.2) is 10.2 Å². The number of aromatic nitrogens is 3. The highest BCUT2D eigenvalue weighted by Gasteiger charge is 2.19. The lowest BCUT2D eigenvalue weighted by atomic mass is 10.4. The second-order valence-corrected chi connectivity index (χ2v) is 6.33. The maximum atomic E-state index is 12.0. The number of aliphatic carboxylic acids is 1. The van der Waals surface area contributed by atoms with Crippen LogP contribution in [-0.2, 0) is 21.9 Å². The lowest BCUT2D eigenvalue weighted by Gasteiger charge is -2.04. The number of carbonyl (C=O) groups is 1. The van der Waals surface area contributed by atoms with Gasteiger partial charge in [0.1, 0.15) is 0 Å². The molecule has 0 radical (unpaired) electrons. The van der Waals surface area contributed by atoms with Gasteiger partial charge in [-0.2, -0.15) is 13.5 Å². The summed E-state index contributed by atoms with van der Waals surface area (Å²) in [6.45, 7) is 0. The second-order valence-electron chi connectivity index (χ2n) is 3.64. The Kier molecular flexibility index (Phi) is 3.86. The minimum atomic E-state index is -3.76. The van der Waals surface area contributed by atoms with Crippen LogP contribution >= 0.6 is 11.3 Å². The molecule has 0 aromatic carbocycles. The minimum absolute atomic E-state index is 0.00956. The summed E-state index contributed by atoms with van der Waals surface area (Å²) in [7, 11) is -2.25. The summed E-state index contributed by atoms with van der Waals surface area (Å²) in [4.78, 5) is 14.8. The van der Waals surface area contributed by atoms with Crippen LogP contribution in [0.3, 0.4) is 0 Å². The molecule has 0 aliphatic carbocycles. The Morgan fingerprint density at radius 1 is 1.55 bits per heavy atom. The highest BCUT2D eigenvalue weighted by Crippen LogP contribution is 2.22. The van der Waals surface area contributed by atoms with E-state index in [0.717, 1.165) is 17.4 Å². The minimum Gasteiger partial charge on any atom is -0.478 e. The van der Waals surface area contributed by atoms with E-state index in [-0.39, 0.29) is 10.2 Å². The number of thiazole rings is 1. The largest absolute Gasteiger partial charge is 0.478 e. The Hall–Kier alpha value is -2.20. The Bertz CT molecular complexity index is 760. The number of nitrogens with zero attached hydrogens (tertiary/aromatic N) is 3. The van der Waals surface area contributed by atoms with Crippen molar-refractivity contribution in [3.63, 3.8) is 0 Å². The summed E-state index contributed by atoms with van der Waals surface area (Å²) in [5, 5.41) is 12.4. The van der Waals surface area contributed by atoms with Crippen molar-refractivity contribution < 1.29 is 18.3 Å². The highest BCUT2D eigenvalue weighted by atomic mass is 32.2. The van der Waals surface area contributed by atoms with Crippen molar-refractivity contribution in [2.24, 2.45) is 7.05 Å². The monoisotopic (exact) mass is 314 g/mol. The van der Waals surface area contributed by atoms with Crippen molar-refractivity contribution in [2.75, 3.05) is 4.72 Å². The van der Waals surface area contributed by atoms with Crippen LogP contribution in [0.5, 0.6) is 0 Å². The first-order valence-electron chi connectivity index (χ1n) is 5.26. The molecule has 0 atom stereocenters. The molecule has 2 N–H and O–H groups in total. The van der Waals surface area contributed by atoms with Gasteiger partial charge >= 0.3 is 5.97 Å². The van der Waals surface area contributed by atoms with Crippen molar-refractivity contribution in [3.05, 3.63) is 29.4 Å². The molecule has 10 heteroatoms. The van der Waals surface area contributed by atoms with Crippen LogP contribution < -0.4 is 4.72 Å². The molecule has 20 heavy (non-hydrogen) atoms. The summed E-state index contributed by atoms with van der Waals surface area (Å²) in [6, 6.07) is 1.36. The standard InChI is InChI=1S/C10H10N4O4S2/c1-14-8(4-5-12-14)20(17,18)13-10-11-6-7(19-10)2-3-9(15)16/h2-6H,1H3,(H,11,13)(H,15,16)/b3-2+. The van der Waals surface area contributed by atoms with Crippen molar-refractivity contribution in [1.82, 2.24) is 14.8 Å². The van der Waals surface area contributed by atoms with Gasteiger partial charge in [0.2, 0.25) is 0 Å². The van der Waals surface area contributed by atoms with E-state index in [4.69, 9.17) is 5.11 Å². The zero-order valence-electron chi connectivity index (χ0n) is 10.2. The molecule has 0 saturated heterocycles. The molecule has 2 rings (SSSR count). The van der Waals surface area contributed by atoms with Gasteiger partial charge in [-0.3, -0.25) is 9.40 Å². The van der Waals surface area contributed by atoms with Gasteiger partial charge in [-0.25, -0.2) is 9.78 Å². The SMILES string of the molecule is Cn1nccc1S(=O)(=O)Nc1ncc(/C=C/C(=O)O)s1. The van der Waals surface area contributed by atoms with Crippen LogP contribution in [0.4, 0.5) is 5.13 Å². The van der Waals surface area contributed by atoms with Gasteiger partial charge in [0.05, 0.1) is 6.20 Å². The first kappa shape index (κ1) is 14.2. The predicted octanol–water partition coefficient (Wildman–Crippen LogP) is 0.775. The molecule has 2 aromatic rings. The smallest absolute Gasteiger partial charge is 0.328 e. The van der Waals surface area contributed by atoms with Crippen LogP contribution in [0.2, 0.25) is 0 Å². The molecule has 0 amide bonds. The average molecular weight is 314 g/mol. The van der Waals surface area contributed by atoms with E-state index in [1.807, 2.05) is 0 Å². The van der Waals surface area contributed by atoms with Gasteiger partial charge in [-0.15, -0.1) is 0 Å². The molecule has 0 spiro atoms. The number of hydrogen-bond acceptors (Lipinski definition) is 6. The number of carboxylic acids is 1. The first-order chi connectivity index (χ1) is 9.38. The third-order valence-corrected chi connectivity index (χ3v) is 4.61. The molecule has 0 saturated carbocycles. The average Bonchev–Trinajstić information content (AvgIpc) is 2.95. The first-order valence-corrected chi connectivity index (χ1v) is 7.56. The lowest BCUT2D eigenvalue weighted by Crippen LogP contribution is -2.16. The molecule has 0 fully saturated rings. The van der Waals surface area contributed by atoms with Gasteiger partial charge in [-0.1, -0.05) is 11.3 Å². The normalized spacial score (nSPS) is 11.8. The summed E-state index contributed by atoms with van der Waals surface area (Å²) in [6.07, 6.45) is 5.04. The van der Waals surface area contributed by atoms with Crippen molar-refractivity contribution in [2.45, 2.75) is 5.03 Å². The van der Waals surface area contributed by atoms with Crippen molar-refractivity contribution in [3.8, 4) is 0 Å². The maximum absolute atomic E-state index is 12.0. The number of carboxylic acid groups (broad SMARTS) is 1. The van der Waals surface area contributed by atoms with E-state index < -0.39 is 16.0 Å². The van der Waals surface area contributed by atoms with Gasteiger partial charge in [0, 0.05) is 24.2 Å². The Labute approximate surface area is 118 Å². The van der Waals surface area contributed by atoms with E-state index >= 15 is 0 Å². The van der Waals surface area contributed by atoms with E-state index in [1.54, 1.807) is 0 Å². The fourth-order valence-corrected chi connectivity index (χ4v) is 3.44. The zero-order chi connectivity index (χ0) is 14.8. The van der Waals surface area contributed by atoms with Crippen LogP contribution in [-0.4, -0.2) is 34.3 Å². The van der Waals surface area contributed by atoms with E-state index in [9.17, 15) is 13.2 Å². The molecule has 0 bridgehead atoms. The number of rotatable bonds is 5. The number of aryl methyl sites for hydroxylation is 1. The fourth-order valence-electron chi connectivity index (χ4n) is 1.36. The zero-order valence-corrected chi connectivity index (χ0v) is 11.8. The maximum Gasteiger partial charge on any atom is 0.328 e. The summed E-state index contributed by atoms with van der Waals surface area (Å²) in [5.41, 5.74) is 0. The highest BCUT2D eigenvalue weighted by molar-refractivity contribution is 7.92. The molecule has 8 nitrogen and oxygen atoms in total. The molecule has 2 heterocycles. The summed E-state index contributed by atoms with van der Waals surface area (Å²) >= 11 is 1.02. The molecule has 0 aliphatic heterocycles. The molecule has 0 unspecified atom stereocenters. The topological polar surface area (TPSA) is 114 Å². The van der Waals surface area contributed by atoms with Crippen LogP contribution in [0.25, 0.3) is 6.08 Å². The number of nitrogens with one attached hydrogen (secondary N) is 1. The third-order valence-electron chi connectivity index (χ3n) is 2.19. The Morgan fingerprint density at radius 3 is 2.90 bits per heavy atom. The van der Waals surface area contributed by atoms with E-state index in [2.05, 4.69) is 14.8 Å². The van der Waals surface area contributed by atoms with Crippen molar-refractivity contribution in [1.29, 1.82) is 0 Å². The summed E-state index contributed by atoms with van der Waals surface area (Å²) in [5.74, 6) is -1.09. The summed E-state index contributed by atoms with van der Waals surface area (Å²) < 4.78 is 27.6. The van der Waals surface area contributed by atoms with Crippen LogP contribution in [0.15, 0.2) is 29.6 Å². The Balaban J connectivity index is 2.19. The number of anilines is 1. The fraction of sp³-hybridized carbons (Fsp3) is 0.100. The Morgan fingerprint density at radius 2 is 2.30 bits per heavy atom. The van der Waals surface area contributed by atoms with Crippen LogP contribution in [0.1, 0.15) is 4.88 Å². The molecule has 0 aliphatic rings. The van der Waals surface area contributed by atoms with Gasteiger partial charge in [0.25, 0.3) is 10.0 Å². The van der Waals surface area contributed by atoms with E-state index in [1.165, 1.54) is 36.3 Å². The number of hydrogen-bond donors (Lipinski definition) is 2. The number of sulfonamides is 1. The third kappa shape index (κ3) is 3.22. The lowest BCUT2D eigenvalue weighted by molar-refractivity contribution is -0.131. The predicted molar refractivity (Wildman–Crippen MR) is 72.8 cm³/mol. The quantitative estimate of drug-likeness (QED) is 0.788. The molecular weight excluding hydrogens is 304 g/mol.